The second-order valence-corrected chi connectivity index (χ2v) is 5.60. The van der Waals surface area contributed by atoms with Crippen LogP contribution in [0, 0.1) is 12.7 Å². The van der Waals surface area contributed by atoms with E-state index in [2.05, 4.69) is 45.1 Å². The molecule has 2 nitrogen and oxygen atoms in total. The lowest BCUT2D eigenvalue weighted by molar-refractivity contribution is 0.113. The maximum Gasteiger partial charge on any atom is 0.123 e. The molecule has 0 amide bonds. The minimum absolute atomic E-state index is 0.0471. The highest BCUT2D eigenvalue weighted by Crippen LogP contribution is 2.34. The molecule has 108 valence electrons. The third kappa shape index (κ3) is 3.34. The number of likely N-dealkylation sites (N-methyl/N-ethyl adjacent to an activating group) is 2. The summed E-state index contributed by atoms with van der Waals surface area (Å²) < 4.78 is 13.6. The molecular formula is C16H27FN2. The minimum atomic E-state index is -0.166. The highest BCUT2D eigenvalue weighted by molar-refractivity contribution is 5.32. The van der Waals surface area contributed by atoms with Crippen molar-refractivity contribution >= 4 is 0 Å². The smallest absolute Gasteiger partial charge is 0.123 e. The second-order valence-electron chi connectivity index (χ2n) is 5.60. The van der Waals surface area contributed by atoms with Gasteiger partial charge in [0, 0.05) is 5.54 Å². The van der Waals surface area contributed by atoms with E-state index in [1.54, 1.807) is 6.07 Å². The highest BCUT2D eigenvalue weighted by Gasteiger charge is 2.36. The third-order valence-corrected chi connectivity index (χ3v) is 4.32. The topological polar surface area (TPSA) is 15.3 Å². The first-order valence-electron chi connectivity index (χ1n) is 7.03. The largest absolute Gasteiger partial charge is 0.309 e. The lowest BCUT2D eigenvalue weighted by Crippen LogP contribution is -2.51. The molecule has 1 aromatic carbocycles. The van der Waals surface area contributed by atoms with Crippen molar-refractivity contribution in [3.05, 3.63) is 35.1 Å². The van der Waals surface area contributed by atoms with Gasteiger partial charge in [0.2, 0.25) is 0 Å². The van der Waals surface area contributed by atoms with Crippen molar-refractivity contribution < 1.29 is 4.39 Å². The maximum absolute atomic E-state index is 13.6. The van der Waals surface area contributed by atoms with Crippen LogP contribution in [0.5, 0.6) is 0 Å². The summed E-state index contributed by atoms with van der Waals surface area (Å²) in [5, 5.41) is 3.53. The monoisotopic (exact) mass is 266 g/mol. The van der Waals surface area contributed by atoms with Gasteiger partial charge in [0.1, 0.15) is 5.82 Å². The van der Waals surface area contributed by atoms with Crippen molar-refractivity contribution in [2.24, 2.45) is 0 Å². The summed E-state index contributed by atoms with van der Waals surface area (Å²) in [6, 6.07) is 5.18. The van der Waals surface area contributed by atoms with Gasteiger partial charge >= 0.3 is 0 Å². The van der Waals surface area contributed by atoms with Gasteiger partial charge in [-0.05, 0) is 64.2 Å². The number of benzene rings is 1. The van der Waals surface area contributed by atoms with Crippen LogP contribution in [0.2, 0.25) is 0 Å². The Bertz CT molecular complexity index is 417. The van der Waals surface area contributed by atoms with Gasteiger partial charge in [-0.15, -0.1) is 0 Å². The Hall–Kier alpha value is -0.930. The zero-order valence-corrected chi connectivity index (χ0v) is 13.0. The fourth-order valence-electron chi connectivity index (χ4n) is 2.57. The Morgan fingerprint density at radius 3 is 2.42 bits per heavy atom. The molecule has 1 aromatic rings. The van der Waals surface area contributed by atoms with Crippen molar-refractivity contribution in [3.8, 4) is 0 Å². The Balaban J connectivity index is 3.30. The lowest BCUT2D eigenvalue weighted by Gasteiger charge is -2.44. The number of aryl methyl sites for hydroxylation is 1. The van der Waals surface area contributed by atoms with Crippen LogP contribution in [-0.2, 0) is 0 Å². The van der Waals surface area contributed by atoms with E-state index in [0.29, 0.717) is 0 Å². The normalized spacial score (nSPS) is 16.4. The summed E-state index contributed by atoms with van der Waals surface area (Å²) in [4.78, 5) is 2.23. The SMILES string of the molecule is CCNC(c1cc(F)ccc1C)C(C)(CC)N(C)C. The Morgan fingerprint density at radius 2 is 1.95 bits per heavy atom. The van der Waals surface area contributed by atoms with E-state index in [0.717, 1.165) is 24.1 Å². The number of nitrogens with zero attached hydrogens (tertiary/aromatic N) is 1. The molecule has 0 radical (unpaired) electrons. The molecule has 0 saturated heterocycles. The van der Waals surface area contributed by atoms with E-state index in [9.17, 15) is 4.39 Å². The molecule has 2 unspecified atom stereocenters. The molecule has 0 aliphatic rings. The molecule has 0 aliphatic carbocycles. The first kappa shape index (κ1) is 16.1. The first-order chi connectivity index (χ1) is 8.86. The molecule has 0 heterocycles. The van der Waals surface area contributed by atoms with Gasteiger partial charge in [-0.2, -0.15) is 0 Å². The number of halogens is 1. The van der Waals surface area contributed by atoms with Gasteiger partial charge in [-0.3, -0.25) is 0 Å². The van der Waals surface area contributed by atoms with Crippen molar-refractivity contribution in [1.29, 1.82) is 0 Å². The summed E-state index contributed by atoms with van der Waals surface area (Å²) in [5.74, 6) is -0.166. The number of hydrogen-bond acceptors (Lipinski definition) is 2. The molecule has 0 bridgehead atoms. The molecule has 0 fully saturated rings. The molecule has 3 heteroatoms. The average Bonchev–Trinajstić information content (AvgIpc) is 2.38. The van der Waals surface area contributed by atoms with Crippen molar-refractivity contribution in [2.75, 3.05) is 20.6 Å². The Kier molecular flexibility index (Phi) is 5.50. The van der Waals surface area contributed by atoms with E-state index in [-0.39, 0.29) is 17.4 Å². The van der Waals surface area contributed by atoms with Gasteiger partial charge in [0.05, 0.1) is 6.04 Å². The van der Waals surface area contributed by atoms with Crippen LogP contribution < -0.4 is 5.32 Å². The maximum atomic E-state index is 13.6. The zero-order valence-electron chi connectivity index (χ0n) is 13.0. The van der Waals surface area contributed by atoms with Crippen molar-refractivity contribution in [1.82, 2.24) is 10.2 Å². The van der Waals surface area contributed by atoms with E-state index in [1.165, 1.54) is 6.07 Å². The Morgan fingerprint density at radius 1 is 1.32 bits per heavy atom. The van der Waals surface area contributed by atoms with Crippen molar-refractivity contribution in [2.45, 2.75) is 45.7 Å². The van der Waals surface area contributed by atoms with Gasteiger partial charge < -0.3 is 10.2 Å². The van der Waals surface area contributed by atoms with Crippen LogP contribution in [-0.4, -0.2) is 31.1 Å². The Labute approximate surface area is 117 Å². The van der Waals surface area contributed by atoms with Gasteiger partial charge in [-0.25, -0.2) is 4.39 Å². The molecule has 1 N–H and O–H groups in total. The zero-order chi connectivity index (χ0) is 14.6. The average molecular weight is 266 g/mol. The molecule has 0 aromatic heterocycles. The molecule has 0 saturated carbocycles. The lowest BCUT2D eigenvalue weighted by atomic mass is 9.82. The quantitative estimate of drug-likeness (QED) is 0.847. The van der Waals surface area contributed by atoms with Crippen LogP contribution in [0.4, 0.5) is 4.39 Å². The van der Waals surface area contributed by atoms with E-state index in [4.69, 9.17) is 0 Å². The summed E-state index contributed by atoms with van der Waals surface area (Å²) in [6.07, 6.45) is 0.994. The summed E-state index contributed by atoms with van der Waals surface area (Å²) in [6.45, 7) is 9.41. The van der Waals surface area contributed by atoms with Crippen molar-refractivity contribution in [3.63, 3.8) is 0 Å². The van der Waals surface area contributed by atoms with E-state index in [1.807, 2.05) is 13.0 Å². The fourth-order valence-corrected chi connectivity index (χ4v) is 2.57. The van der Waals surface area contributed by atoms with Gasteiger partial charge in [0.25, 0.3) is 0 Å². The van der Waals surface area contributed by atoms with Crippen LogP contribution in [0.1, 0.15) is 44.4 Å². The predicted octanol–water partition coefficient (Wildman–Crippen LogP) is 3.52. The molecular weight excluding hydrogens is 239 g/mol. The van der Waals surface area contributed by atoms with E-state index >= 15 is 0 Å². The van der Waals surface area contributed by atoms with Gasteiger partial charge in [0.15, 0.2) is 0 Å². The molecule has 0 aliphatic heterocycles. The molecule has 0 spiro atoms. The van der Waals surface area contributed by atoms with Crippen LogP contribution >= 0.6 is 0 Å². The summed E-state index contributed by atoms with van der Waals surface area (Å²) in [7, 11) is 4.17. The molecule has 19 heavy (non-hydrogen) atoms. The highest BCUT2D eigenvalue weighted by atomic mass is 19.1. The van der Waals surface area contributed by atoms with E-state index < -0.39 is 0 Å². The second kappa shape index (κ2) is 6.49. The molecule has 1 rings (SSSR count). The first-order valence-corrected chi connectivity index (χ1v) is 7.03. The predicted molar refractivity (Wildman–Crippen MR) is 79.9 cm³/mol. The van der Waals surface area contributed by atoms with Gasteiger partial charge in [-0.1, -0.05) is 19.9 Å². The number of hydrogen-bond donors (Lipinski definition) is 1. The summed E-state index contributed by atoms with van der Waals surface area (Å²) >= 11 is 0. The molecule has 2 atom stereocenters. The fraction of sp³-hybridized carbons (Fsp3) is 0.625. The standard InChI is InChI=1S/C16H27FN2/c1-7-16(4,19(5)6)15(18-8-2)14-11-13(17)10-9-12(14)3/h9-11,15,18H,7-8H2,1-6H3. The minimum Gasteiger partial charge on any atom is -0.309 e. The summed E-state index contributed by atoms with van der Waals surface area (Å²) in [5.41, 5.74) is 2.14. The number of rotatable bonds is 6. The third-order valence-electron chi connectivity index (χ3n) is 4.32. The van der Waals surface area contributed by atoms with Crippen LogP contribution in [0.25, 0.3) is 0 Å². The van der Waals surface area contributed by atoms with Crippen LogP contribution in [0.15, 0.2) is 18.2 Å². The number of nitrogens with one attached hydrogen (secondary N) is 1. The van der Waals surface area contributed by atoms with Crippen LogP contribution in [0.3, 0.4) is 0 Å².